The Labute approximate surface area is 166 Å². The minimum Gasteiger partial charge on any atom is -0.357 e. The van der Waals surface area contributed by atoms with Gasteiger partial charge in [0.1, 0.15) is 5.82 Å². The molecule has 25 heavy (non-hydrogen) atoms. The minimum absolute atomic E-state index is 0. The van der Waals surface area contributed by atoms with Crippen LogP contribution in [0.15, 0.2) is 29.3 Å². The number of aliphatic imine (C=N–C) groups is 1. The van der Waals surface area contributed by atoms with Crippen LogP contribution in [0, 0.1) is 5.82 Å². The van der Waals surface area contributed by atoms with Crippen molar-refractivity contribution < 1.29 is 12.8 Å². The molecule has 1 aromatic rings. The normalized spacial score (nSPS) is 17.6. The van der Waals surface area contributed by atoms with Gasteiger partial charge in [0.15, 0.2) is 15.8 Å². The van der Waals surface area contributed by atoms with Gasteiger partial charge in [-0.2, -0.15) is 0 Å². The van der Waals surface area contributed by atoms with Gasteiger partial charge in [0.05, 0.1) is 18.1 Å². The van der Waals surface area contributed by atoms with Crippen molar-refractivity contribution in [1.82, 2.24) is 15.5 Å². The van der Waals surface area contributed by atoms with Crippen molar-refractivity contribution in [3.63, 3.8) is 0 Å². The SMILES string of the molecule is CCNC(=NCc1ccccc1F)NCCN1CCS(=O)(=O)CC1.I. The molecule has 1 aliphatic rings. The highest BCUT2D eigenvalue weighted by Gasteiger charge is 2.20. The number of hydrogen-bond donors (Lipinski definition) is 2. The number of nitrogens with zero attached hydrogens (tertiary/aromatic N) is 2. The molecule has 0 saturated carbocycles. The number of benzene rings is 1. The lowest BCUT2D eigenvalue weighted by molar-refractivity contribution is 0.299. The van der Waals surface area contributed by atoms with E-state index in [0.717, 1.165) is 6.54 Å². The van der Waals surface area contributed by atoms with Gasteiger partial charge in [-0.05, 0) is 13.0 Å². The number of sulfone groups is 1. The summed E-state index contributed by atoms with van der Waals surface area (Å²) in [6.45, 7) is 5.51. The molecular weight excluding hydrogens is 458 g/mol. The van der Waals surface area contributed by atoms with Gasteiger partial charge in [-0.15, -0.1) is 24.0 Å². The number of guanidine groups is 1. The van der Waals surface area contributed by atoms with E-state index in [4.69, 9.17) is 0 Å². The van der Waals surface area contributed by atoms with Crippen LogP contribution in [-0.4, -0.2) is 63.5 Å². The molecule has 0 spiro atoms. The summed E-state index contributed by atoms with van der Waals surface area (Å²) >= 11 is 0. The third-order valence-corrected chi connectivity index (χ3v) is 5.48. The molecule has 6 nitrogen and oxygen atoms in total. The molecule has 2 N–H and O–H groups in total. The second kappa shape index (κ2) is 10.9. The summed E-state index contributed by atoms with van der Waals surface area (Å²) in [5.41, 5.74) is 0.552. The predicted molar refractivity (Wildman–Crippen MR) is 110 cm³/mol. The summed E-state index contributed by atoms with van der Waals surface area (Å²) in [6.07, 6.45) is 0. The molecule has 1 heterocycles. The van der Waals surface area contributed by atoms with Crippen molar-refractivity contribution in [3.8, 4) is 0 Å². The van der Waals surface area contributed by atoms with Crippen LogP contribution < -0.4 is 10.6 Å². The Bertz CT molecular complexity index is 656. The van der Waals surface area contributed by atoms with Gasteiger partial charge >= 0.3 is 0 Å². The van der Waals surface area contributed by atoms with Crippen molar-refractivity contribution in [1.29, 1.82) is 0 Å². The maximum atomic E-state index is 13.6. The van der Waals surface area contributed by atoms with Crippen molar-refractivity contribution in [2.24, 2.45) is 4.99 Å². The van der Waals surface area contributed by atoms with Crippen LogP contribution in [0.5, 0.6) is 0 Å². The molecule has 0 unspecified atom stereocenters. The first-order chi connectivity index (χ1) is 11.5. The molecule has 0 atom stereocenters. The molecule has 0 radical (unpaired) electrons. The fourth-order valence-electron chi connectivity index (χ4n) is 2.44. The third kappa shape index (κ3) is 7.87. The van der Waals surface area contributed by atoms with Gasteiger partial charge in [0.25, 0.3) is 0 Å². The molecule has 1 aliphatic heterocycles. The summed E-state index contributed by atoms with van der Waals surface area (Å²) in [5, 5.41) is 6.33. The molecule has 9 heteroatoms. The van der Waals surface area contributed by atoms with Gasteiger partial charge in [0.2, 0.25) is 0 Å². The number of rotatable bonds is 6. The first-order valence-electron chi connectivity index (χ1n) is 8.18. The van der Waals surface area contributed by atoms with Crippen molar-refractivity contribution >= 4 is 39.8 Å². The fourth-order valence-corrected chi connectivity index (χ4v) is 3.72. The van der Waals surface area contributed by atoms with E-state index >= 15 is 0 Å². The van der Waals surface area contributed by atoms with E-state index in [1.807, 2.05) is 6.92 Å². The summed E-state index contributed by atoms with van der Waals surface area (Å²) in [5.74, 6) is 0.833. The molecular formula is C16H26FIN4O2S. The van der Waals surface area contributed by atoms with Gasteiger partial charge in [-0.1, -0.05) is 18.2 Å². The first-order valence-corrected chi connectivity index (χ1v) is 10.0. The highest BCUT2D eigenvalue weighted by molar-refractivity contribution is 14.0. The first kappa shape index (κ1) is 22.1. The molecule has 0 amide bonds. The summed E-state index contributed by atoms with van der Waals surface area (Å²) in [4.78, 5) is 6.51. The molecule has 0 aliphatic carbocycles. The Morgan fingerprint density at radius 1 is 1.24 bits per heavy atom. The van der Waals surface area contributed by atoms with Crippen molar-refractivity contribution in [3.05, 3.63) is 35.6 Å². The Morgan fingerprint density at radius 2 is 1.92 bits per heavy atom. The van der Waals surface area contributed by atoms with Crippen molar-refractivity contribution in [2.75, 3.05) is 44.2 Å². The Hall–Kier alpha value is -0.940. The standard InChI is InChI=1S/C16H25FN4O2S.HI/c1-2-18-16(20-13-14-5-3-4-6-15(14)17)19-7-8-21-9-11-24(22,23)12-10-21;/h3-6H,2,7-13H2,1H3,(H2,18,19,20);1H. The van der Waals surface area contributed by atoms with E-state index in [9.17, 15) is 12.8 Å². The van der Waals surface area contributed by atoms with Crippen LogP contribution in [0.2, 0.25) is 0 Å². The quantitative estimate of drug-likeness (QED) is 0.361. The maximum absolute atomic E-state index is 13.6. The number of halogens is 2. The number of hydrogen-bond acceptors (Lipinski definition) is 4. The molecule has 1 aromatic carbocycles. The minimum atomic E-state index is -2.84. The van der Waals surface area contributed by atoms with Crippen LogP contribution in [0.1, 0.15) is 12.5 Å². The van der Waals surface area contributed by atoms with E-state index in [1.54, 1.807) is 18.2 Å². The van der Waals surface area contributed by atoms with E-state index in [-0.39, 0.29) is 47.8 Å². The highest BCUT2D eigenvalue weighted by atomic mass is 127. The lowest BCUT2D eigenvalue weighted by Gasteiger charge is -2.26. The zero-order valence-corrected chi connectivity index (χ0v) is 17.5. The van der Waals surface area contributed by atoms with Gasteiger partial charge in [-0.25, -0.2) is 17.8 Å². The van der Waals surface area contributed by atoms with Gasteiger partial charge in [0, 0.05) is 38.3 Å². The van der Waals surface area contributed by atoms with E-state index in [0.29, 0.717) is 37.7 Å². The zero-order chi connectivity index (χ0) is 17.4. The summed E-state index contributed by atoms with van der Waals surface area (Å²) < 4.78 is 36.4. The van der Waals surface area contributed by atoms with E-state index < -0.39 is 9.84 Å². The molecule has 2 rings (SSSR count). The van der Waals surface area contributed by atoms with Crippen LogP contribution >= 0.6 is 24.0 Å². The smallest absolute Gasteiger partial charge is 0.191 e. The maximum Gasteiger partial charge on any atom is 0.191 e. The van der Waals surface area contributed by atoms with Gasteiger partial charge in [-0.3, -0.25) is 4.90 Å². The zero-order valence-electron chi connectivity index (χ0n) is 14.4. The van der Waals surface area contributed by atoms with Crippen LogP contribution in [0.4, 0.5) is 4.39 Å². The van der Waals surface area contributed by atoms with E-state index in [1.165, 1.54) is 6.07 Å². The van der Waals surface area contributed by atoms with Crippen molar-refractivity contribution in [2.45, 2.75) is 13.5 Å². The Balaban J connectivity index is 0.00000312. The van der Waals surface area contributed by atoms with E-state index in [2.05, 4.69) is 20.5 Å². The lowest BCUT2D eigenvalue weighted by Crippen LogP contribution is -2.45. The summed E-state index contributed by atoms with van der Waals surface area (Å²) in [7, 11) is -2.84. The average molecular weight is 484 g/mol. The van der Waals surface area contributed by atoms with Gasteiger partial charge < -0.3 is 10.6 Å². The molecule has 1 fully saturated rings. The summed E-state index contributed by atoms with van der Waals surface area (Å²) in [6, 6.07) is 6.59. The monoisotopic (exact) mass is 484 g/mol. The van der Waals surface area contributed by atoms with Crippen LogP contribution in [0.25, 0.3) is 0 Å². The Morgan fingerprint density at radius 3 is 2.56 bits per heavy atom. The average Bonchev–Trinajstić information content (AvgIpc) is 2.55. The van der Waals surface area contributed by atoms with Crippen LogP contribution in [-0.2, 0) is 16.4 Å². The second-order valence-corrected chi connectivity index (χ2v) is 8.01. The highest BCUT2D eigenvalue weighted by Crippen LogP contribution is 2.07. The molecule has 0 aromatic heterocycles. The molecule has 0 bridgehead atoms. The predicted octanol–water partition coefficient (Wildman–Crippen LogP) is 1.23. The third-order valence-electron chi connectivity index (χ3n) is 3.87. The molecule has 142 valence electrons. The number of nitrogens with one attached hydrogen (secondary N) is 2. The lowest BCUT2D eigenvalue weighted by atomic mass is 10.2. The fraction of sp³-hybridized carbons (Fsp3) is 0.562. The Kier molecular flexibility index (Phi) is 9.65. The molecule has 1 saturated heterocycles. The second-order valence-electron chi connectivity index (χ2n) is 5.71. The van der Waals surface area contributed by atoms with Crippen LogP contribution in [0.3, 0.4) is 0 Å². The topological polar surface area (TPSA) is 73.8 Å². The largest absolute Gasteiger partial charge is 0.357 e.